The summed E-state index contributed by atoms with van der Waals surface area (Å²) in [5.74, 6) is 0.506. The Hall–Kier alpha value is -2.36. The van der Waals surface area contributed by atoms with Crippen molar-refractivity contribution in [2.24, 2.45) is 0 Å². The third-order valence-electron chi connectivity index (χ3n) is 4.16. The van der Waals surface area contributed by atoms with Crippen LogP contribution < -0.4 is 10.9 Å². The van der Waals surface area contributed by atoms with Gasteiger partial charge in [0, 0.05) is 24.2 Å². The molecule has 3 rings (SSSR count). The fourth-order valence-corrected chi connectivity index (χ4v) is 3.79. The summed E-state index contributed by atoms with van der Waals surface area (Å²) in [6.45, 7) is 4.66. The van der Waals surface area contributed by atoms with Crippen molar-refractivity contribution in [3.8, 4) is 0 Å². The minimum absolute atomic E-state index is 0.0920. The first-order chi connectivity index (χ1) is 13.9. The van der Waals surface area contributed by atoms with E-state index < -0.39 is 0 Å². The molecule has 10 heteroatoms. The van der Waals surface area contributed by atoms with Gasteiger partial charge in [-0.1, -0.05) is 23.4 Å². The normalized spacial score (nSPS) is 11.3. The molecule has 0 unspecified atom stereocenters. The number of rotatable bonds is 8. The van der Waals surface area contributed by atoms with Crippen molar-refractivity contribution in [2.45, 2.75) is 31.6 Å². The first-order valence-electron chi connectivity index (χ1n) is 9.06. The van der Waals surface area contributed by atoms with Gasteiger partial charge in [-0.05, 0) is 32.0 Å². The van der Waals surface area contributed by atoms with Gasteiger partial charge in [-0.25, -0.2) is 9.67 Å². The maximum atomic E-state index is 12.9. The van der Waals surface area contributed by atoms with E-state index in [4.69, 9.17) is 16.3 Å². The molecule has 0 radical (unpaired) electrons. The van der Waals surface area contributed by atoms with Crippen LogP contribution in [-0.4, -0.2) is 44.7 Å². The minimum Gasteiger partial charge on any atom is -0.383 e. The number of fused-ring (bicyclic) bond motifs is 1. The van der Waals surface area contributed by atoms with Gasteiger partial charge in [0.05, 0.1) is 36.0 Å². The van der Waals surface area contributed by atoms with Gasteiger partial charge < -0.3 is 10.1 Å². The Morgan fingerprint density at radius 2 is 2.14 bits per heavy atom. The number of nitrogens with one attached hydrogen (secondary N) is 1. The van der Waals surface area contributed by atoms with E-state index in [2.05, 4.69) is 15.4 Å². The maximum absolute atomic E-state index is 12.9. The highest BCUT2D eigenvalue weighted by molar-refractivity contribution is 7.99. The zero-order chi connectivity index (χ0) is 21.0. The lowest BCUT2D eigenvalue weighted by molar-refractivity contribution is -0.113. The van der Waals surface area contributed by atoms with Crippen molar-refractivity contribution in [1.29, 1.82) is 0 Å². The Bertz CT molecular complexity index is 1080. The fraction of sp³-hybridized carbons (Fsp3) is 0.368. The van der Waals surface area contributed by atoms with E-state index >= 15 is 0 Å². The van der Waals surface area contributed by atoms with Crippen LogP contribution in [0, 0.1) is 0 Å². The Balaban J connectivity index is 1.83. The topological polar surface area (TPSA) is 91.0 Å². The number of hydrogen-bond acceptors (Lipinski definition) is 6. The Morgan fingerprint density at radius 3 is 2.86 bits per heavy atom. The van der Waals surface area contributed by atoms with Crippen molar-refractivity contribution < 1.29 is 9.53 Å². The second-order valence-corrected chi connectivity index (χ2v) is 7.98. The van der Waals surface area contributed by atoms with Gasteiger partial charge in [-0.2, -0.15) is 5.10 Å². The predicted octanol–water partition coefficient (Wildman–Crippen LogP) is 3.20. The molecule has 1 aromatic carbocycles. The summed E-state index contributed by atoms with van der Waals surface area (Å²) in [4.78, 5) is 29.9. The number of nitrogens with zero attached hydrogens (tertiary/aromatic N) is 4. The number of benzene rings is 1. The van der Waals surface area contributed by atoms with Crippen LogP contribution >= 0.6 is 23.4 Å². The van der Waals surface area contributed by atoms with E-state index in [1.54, 1.807) is 42.3 Å². The predicted molar refractivity (Wildman–Crippen MR) is 115 cm³/mol. The number of carbonyl (C=O) groups excluding carboxylic acids is 1. The van der Waals surface area contributed by atoms with Crippen LogP contribution in [0.4, 0.5) is 5.82 Å². The molecule has 1 amide bonds. The van der Waals surface area contributed by atoms with Crippen molar-refractivity contribution >= 4 is 46.0 Å². The number of thioether (sulfide) groups is 1. The summed E-state index contributed by atoms with van der Waals surface area (Å²) in [6.07, 6.45) is 1.64. The number of halogens is 1. The van der Waals surface area contributed by atoms with Crippen molar-refractivity contribution in [1.82, 2.24) is 19.3 Å². The second kappa shape index (κ2) is 9.43. The van der Waals surface area contributed by atoms with Gasteiger partial charge in [0.2, 0.25) is 5.91 Å². The van der Waals surface area contributed by atoms with Crippen LogP contribution in [0.3, 0.4) is 0 Å². The van der Waals surface area contributed by atoms with Gasteiger partial charge in [0.25, 0.3) is 5.56 Å². The van der Waals surface area contributed by atoms with Crippen LogP contribution in [-0.2, 0) is 16.1 Å². The van der Waals surface area contributed by atoms with E-state index in [-0.39, 0.29) is 23.3 Å². The molecular weight excluding hydrogens is 414 g/mol. The third kappa shape index (κ3) is 4.98. The van der Waals surface area contributed by atoms with E-state index in [0.29, 0.717) is 40.1 Å². The van der Waals surface area contributed by atoms with E-state index in [1.165, 1.54) is 16.3 Å². The van der Waals surface area contributed by atoms with Crippen LogP contribution in [0.25, 0.3) is 10.9 Å². The lowest BCUT2D eigenvalue weighted by atomic mass is 10.2. The van der Waals surface area contributed by atoms with Gasteiger partial charge >= 0.3 is 0 Å². The molecule has 29 heavy (non-hydrogen) atoms. The summed E-state index contributed by atoms with van der Waals surface area (Å²) in [5, 5.41) is 8.45. The number of amides is 1. The molecule has 0 fully saturated rings. The van der Waals surface area contributed by atoms with E-state index in [1.807, 2.05) is 13.8 Å². The molecule has 0 aliphatic heterocycles. The molecule has 0 aliphatic carbocycles. The molecule has 3 aromatic rings. The standard InChI is InChI=1S/C19H22ClN5O3S/c1-12(2)25-16(6-7-21-25)23-17(26)11-29-19-22-15-10-13(20)4-5-14(15)18(27)24(19)8-9-28-3/h4-7,10,12H,8-9,11H2,1-3H3,(H,23,26). The first kappa shape index (κ1) is 21.4. The Labute approximate surface area is 177 Å². The lowest BCUT2D eigenvalue weighted by Crippen LogP contribution is -2.26. The van der Waals surface area contributed by atoms with E-state index in [0.717, 1.165) is 0 Å². The largest absolute Gasteiger partial charge is 0.383 e. The fourth-order valence-electron chi connectivity index (χ4n) is 2.80. The number of methoxy groups -OCH3 is 1. The molecule has 1 N–H and O–H groups in total. The van der Waals surface area contributed by atoms with Gasteiger partial charge in [-0.15, -0.1) is 0 Å². The summed E-state index contributed by atoms with van der Waals surface area (Å²) < 4.78 is 8.36. The molecule has 0 saturated carbocycles. The monoisotopic (exact) mass is 435 g/mol. The number of anilines is 1. The van der Waals surface area contributed by atoms with Gasteiger partial charge in [-0.3, -0.25) is 14.2 Å². The first-order valence-corrected chi connectivity index (χ1v) is 10.4. The van der Waals surface area contributed by atoms with E-state index in [9.17, 15) is 9.59 Å². The van der Waals surface area contributed by atoms with Crippen molar-refractivity contribution in [3.63, 3.8) is 0 Å². The number of carbonyl (C=O) groups is 1. The highest BCUT2D eigenvalue weighted by Crippen LogP contribution is 2.21. The molecule has 8 nitrogen and oxygen atoms in total. The quantitative estimate of drug-likeness (QED) is 0.431. The second-order valence-electron chi connectivity index (χ2n) is 6.60. The zero-order valence-corrected chi connectivity index (χ0v) is 18.0. The zero-order valence-electron chi connectivity index (χ0n) is 16.4. The lowest BCUT2D eigenvalue weighted by Gasteiger charge is -2.14. The highest BCUT2D eigenvalue weighted by atomic mass is 35.5. The SMILES string of the molecule is COCCn1c(SCC(=O)Nc2ccnn2C(C)C)nc2cc(Cl)ccc2c1=O. The molecule has 0 spiro atoms. The third-order valence-corrected chi connectivity index (χ3v) is 5.37. The van der Waals surface area contributed by atoms with Crippen molar-refractivity contribution in [3.05, 3.63) is 45.8 Å². The summed E-state index contributed by atoms with van der Waals surface area (Å²) in [7, 11) is 1.57. The van der Waals surface area contributed by atoms with Crippen molar-refractivity contribution in [2.75, 3.05) is 24.8 Å². The molecule has 2 aromatic heterocycles. The number of ether oxygens (including phenoxy) is 1. The Kier molecular flexibility index (Phi) is 6.94. The molecule has 0 atom stereocenters. The molecule has 2 heterocycles. The maximum Gasteiger partial charge on any atom is 0.262 e. The average molecular weight is 436 g/mol. The molecule has 0 saturated heterocycles. The van der Waals surface area contributed by atoms with Gasteiger partial charge in [0.1, 0.15) is 5.82 Å². The summed E-state index contributed by atoms with van der Waals surface area (Å²) in [5.41, 5.74) is 0.307. The smallest absolute Gasteiger partial charge is 0.262 e. The molecule has 154 valence electrons. The molecule has 0 aliphatic rings. The van der Waals surface area contributed by atoms with Crippen LogP contribution in [0.15, 0.2) is 40.4 Å². The summed E-state index contributed by atoms with van der Waals surface area (Å²) in [6, 6.07) is 6.83. The van der Waals surface area contributed by atoms with Crippen LogP contribution in [0.5, 0.6) is 0 Å². The Morgan fingerprint density at radius 1 is 1.34 bits per heavy atom. The number of hydrogen-bond donors (Lipinski definition) is 1. The number of aromatic nitrogens is 4. The van der Waals surface area contributed by atoms with Crippen LogP contribution in [0.2, 0.25) is 5.02 Å². The molecular formula is C19H22ClN5O3S. The molecule has 0 bridgehead atoms. The highest BCUT2D eigenvalue weighted by Gasteiger charge is 2.15. The van der Waals surface area contributed by atoms with Gasteiger partial charge in [0.15, 0.2) is 5.16 Å². The average Bonchev–Trinajstić information content (AvgIpc) is 3.14. The minimum atomic E-state index is -0.212. The summed E-state index contributed by atoms with van der Waals surface area (Å²) >= 11 is 7.23. The van der Waals surface area contributed by atoms with Crippen LogP contribution in [0.1, 0.15) is 19.9 Å².